The Hall–Kier alpha value is -2.98. The van der Waals surface area contributed by atoms with E-state index in [1.54, 1.807) is 12.4 Å². The van der Waals surface area contributed by atoms with E-state index in [1.807, 2.05) is 17.0 Å². The number of hydrogen-bond acceptors (Lipinski definition) is 3. The third kappa shape index (κ3) is 4.92. The summed E-state index contributed by atoms with van der Waals surface area (Å²) in [5.41, 5.74) is 4.39. The first kappa shape index (κ1) is 22.8. The number of hydrogen-bond donors (Lipinski definition) is 0. The highest BCUT2D eigenvalue weighted by Gasteiger charge is 2.36. The number of carbonyl (C=O) groups is 1. The van der Waals surface area contributed by atoms with Crippen molar-refractivity contribution in [3.05, 3.63) is 95.8 Å². The van der Waals surface area contributed by atoms with Crippen LogP contribution in [0.5, 0.6) is 0 Å². The second kappa shape index (κ2) is 10.5. The molecule has 0 bridgehead atoms. The van der Waals surface area contributed by atoms with E-state index >= 15 is 0 Å². The Kier molecular flexibility index (Phi) is 7.05. The number of benzene rings is 2. The highest BCUT2D eigenvalue weighted by molar-refractivity contribution is 6.06. The van der Waals surface area contributed by atoms with Crippen LogP contribution in [-0.2, 0) is 0 Å². The van der Waals surface area contributed by atoms with E-state index < -0.39 is 0 Å². The van der Waals surface area contributed by atoms with Crippen molar-refractivity contribution in [3.8, 4) is 0 Å². The predicted octanol–water partition coefficient (Wildman–Crippen LogP) is 6.23. The maximum Gasteiger partial charge on any atom is 0.258 e. The smallest absolute Gasteiger partial charge is 0.258 e. The molecule has 2 heterocycles. The molecule has 0 spiro atoms. The normalized spacial score (nSPS) is 21.8. The Morgan fingerprint density at radius 1 is 0.853 bits per heavy atom. The zero-order valence-corrected chi connectivity index (χ0v) is 20.1. The summed E-state index contributed by atoms with van der Waals surface area (Å²) >= 11 is 0. The van der Waals surface area contributed by atoms with Gasteiger partial charge < -0.3 is 4.90 Å². The fourth-order valence-electron chi connectivity index (χ4n) is 5.95. The Morgan fingerprint density at radius 3 is 2.24 bits per heavy atom. The molecule has 1 aliphatic heterocycles. The van der Waals surface area contributed by atoms with Gasteiger partial charge in [0.25, 0.3) is 5.91 Å². The average molecular weight is 454 g/mol. The van der Waals surface area contributed by atoms with Gasteiger partial charge in [-0.25, -0.2) is 0 Å². The molecule has 1 aliphatic carbocycles. The molecule has 2 aliphatic rings. The van der Waals surface area contributed by atoms with Gasteiger partial charge in [0, 0.05) is 48.8 Å². The first-order valence-electron chi connectivity index (χ1n) is 12.8. The van der Waals surface area contributed by atoms with Crippen molar-refractivity contribution in [2.24, 2.45) is 0 Å². The molecule has 1 amide bonds. The Balaban J connectivity index is 1.34. The van der Waals surface area contributed by atoms with Crippen LogP contribution in [-0.4, -0.2) is 41.0 Å². The van der Waals surface area contributed by atoms with E-state index in [-0.39, 0.29) is 11.9 Å². The van der Waals surface area contributed by atoms with Crippen molar-refractivity contribution in [2.75, 3.05) is 18.0 Å². The summed E-state index contributed by atoms with van der Waals surface area (Å²) in [5, 5.41) is 0. The molecule has 2 atom stereocenters. The van der Waals surface area contributed by atoms with E-state index in [0.29, 0.717) is 17.5 Å². The monoisotopic (exact) mass is 453 g/mol. The number of piperidine rings is 1. The molecule has 2 fully saturated rings. The number of carbonyl (C=O) groups excluding carboxylic acids is 1. The van der Waals surface area contributed by atoms with E-state index in [0.717, 1.165) is 31.6 Å². The van der Waals surface area contributed by atoms with Crippen LogP contribution in [0.25, 0.3) is 0 Å². The van der Waals surface area contributed by atoms with Gasteiger partial charge in [-0.1, -0.05) is 60.9 Å². The van der Waals surface area contributed by atoms with Crippen LogP contribution < -0.4 is 4.90 Å². The van der Waals surface area contributed by atoms with E-state index in [1.165, 1.54) is 36.8 Å². The first-order valence-corrected chi connectivity index (χ1v) is 12.8. The zero-order chi connectivity index (χ0) is 23.3. The minimum Gasteiger partial charge on any atom is -0.305 e. The molecule has 2 unspecified atom stereocenters. The SMILES string of the molecule is Cc1ccc(N(C(=O)c2ccncc2)C2CCN(C3CCCCC3c3ccccc3)CC2)cc1. The van der Waals surface area contributed by atoms with Crippen molar-refractivity contribution >= 4 is 11.6 Å². The minimum atomic E-state index is 0.0736. The maximum absolute atomic E-state index is 13.6. The van der Waals surface area contributed by atoms with E-state index in [4.69, 9.17) is 0 Å². The van der Waals surface area contributed by atoms with E-state index in [9.17, 15) is 4.79 Å². The summed E-state index contributed by atoms with van der Waals surface area (Å²) in [6, 6.07) is 23.9. The van der Waals surface area contributed by atoms with Gasteiger partial charge in [-0.3, -0.25) is 14.7 Å². The molecule has 3 aromatic rings. The fourth-order valence-corrected chi connectivity index (χ4v) is 5.95. The Morgan fingerprint density at radius 2 is 1.53 bits per heavy atom. The molecule has 4 nitrogen and oxygen atoms in total. The number of aryl methyl sites for hydroxylation is 1. The van der Waals surface area contributed by atoms with Crippen molar-refractivity contribution in [3.63, 3.8) is 0 Å². The van der Waals surface area contributed by atoms with Gasteiger partial charge in [-0.15, -0.1) is 0 Å². The standard InChI is InChI=1S/C30H35N3O/c1-23-11-13-26(14-12-23)33(30(34)25-15-19-31-20-16-25)27-17-21-32(22-18-27)29-10-6-5-9-28(29)24-7-3-2-4-8-24/h2-4,7-8,11-16,19-20,27-29H,5-6,9-10,17-18,21-22H2,1H3. The quantitative estimate of drug-likeness (QED) is 0.460. The number of nitrogens with zero attached hydrogens (tertiary/aromatic N) is 3. The van der Waals surface area contributed by atoms with E-state index in [2.05, 4.69) is 71.4 Å². The zero-order valence-electron chi connectivity index (χ0n) is 20.1. The molecule has 0 radical (unpaired) electrons. The van der Waals surface area contributed by atoms with Crippen LogP contribution in [0, 0.1) is 6.92 Å². The number of pyridine rings is 1. The molecular formula is C30H35N3O. The van der Waals surface area contributed by atoms with Crippen LogP contribution in [0.15, 0.2) is 79.1 Å². The number of rotatable bonds is 5. The largest absolute Gasteiger partial charge is 0.305 e. The number of anilines is 1. The molecule has 0 N–H and O–H groups in total. The van der Waals surface area contributed by atoms with Gasteiger partial charge in [-0.2, -0.15) is 0 Å². The van der Waals surface area contributed by atoms with Gasteiger partial charge >= 0.3 is 0 Å². The van der Waals surface area contributed by atoms with Crippen LogP contribution >= 0.6 is 0 Å². The van der Waals surface area contributed by atoms with Crippen molar-refractivity contribution in [1.29, 1.82) is 0 Å². The lowest BCUT2D eigenvalue weighted by atomic mass is 9.78. The molecule has 1 saturated carbocycles. The number of likely N-dealkylation sites (tertiary alicyclic amines) is 1. The number of aromatic nitrogens is 1. The molecule has 34 heavy (non-hydrogen) atoms. The fraction of sp³-hybridized carbons (Fsp3) is 0.400. The minimum absolute atomic E-state index is 0.0736. The van der Waals surface area contributed by atoms with Gasteiger partial charge in [0.05, 0.1) is 0 Å². The number of amides is 1. The molecule has 5 rings (SSSR count). The third-order valence-corrected chi connectivity index (χ3v) is 7.75. The van der Waals surface area contributed by atoms with Gasteiger partial charge in [-0.05, 0) is 68.4 Å². The second-order valence-corrected chi connectivity index (χ2v) is 9.88. The third-order valence-electron chi connectivity index (χ3n) is 7.75. The summed E-state index contributed by atoms with van der Waals surface area (Å²) in [7, 11) is 0. The van der Waals surface area contributed by atoms with Crippen LogP contribution in [0.1, 0.15) is 65.9 Å². The van der Waals surface area contributed by atoms with Gasteiger partial charge in [0.2, 0.25) is 0 Å². The lowest BCUT2D eigenvalue weighted by molar-refractivity contribution is 0.0895. The average Bonchev–Trinajstić information content (AvgIpc) is 2.91. The van der Waals surface area contributed by atoms with Crippen LogP contribution in [0.2, 0.25) is 0 Å². The summed E-state index contributed by atoms with van der Waals surface area (Å²) in [6.07, 6.45) is 10.6. The lowest BCUT2D eigenvalue weighted by Gasteiger charge is -2.45. The predicted molar refractivity (Wildman–Crippen MR) is 138 cm³/mol. The summed E-state index contributed by atoms with van der Waals surface area (Å²) < 4.78 is 0. The van der Waals surface area contributed by atoms with Gasteiger partial charge in [0.15, 0.2) is 0 Å². The summed E-state index contributed by atoms with van der Waals surface area (Å²) in [5.74, 6) is 0.697. The maximum atomic E-state index is 13.6. The molecule has 176 valence electrons. The van der Waals surface area contributed by atoms with Crippen molar-refractivity contribution < 1.29 is 4.79 Å². The molecule has 2 aromatic carbocycles. The van der Waals surface area contributed by atoms with Crippen LogP contribution in [0.4, 0.5) is 5.69 Å². The van der Waals surface area contributed by atoms with Crippen LogP contribution in [0.3, 0.4) is 0 Å². The Labute approximate surface area is 203 Å². The van der Waals surface area contributed by atoms with Crippen molar-refractivity contribution in [1.82, 2.24) is 9.88 Å². The lowest BCUT2D eigenvalue weighted by Crippen LogP contribution is -2.51. The highest BCUT2D eigenvalue weighted by Crippen LogP contribution is 2.38. The first-order chi connectivity index (χ1) is 16.7. The Bertz CT molecular complexity index is 1060. The molecule has 1 aromatic heterocycles. The molecular weight excluding hydrogens is 418 g/mol. The molecule has 1 saturated heterocycles. The van der Waals surface area contributed by atoms with Gasteiger partial charge in [0.1, 0.15) is 0 Å². The van der Waals surface area contributed by atoms with Crippen molar-refractivity contribution in [2.45, 2.75) is 63.5 Å². The summed E-state index contributed by atoms with van der Waals surface area (Å²) in [6.45, 7) is 4.18. The summed E-state index contributed by atoms with van der Waals surface area (Å²) in [4.78, 5) is 22.5. The topological polar surface area (TPSA) is 36.4 Å². The molecule has 4 heteroatoms. The second-order valence-electron chi connectivity index (χ2n) is 9.88. The highest BCUT2D eigenvalue weighted by atomic mass is 16.2.